The van der Waals surface area contributed by atoms with Crippen LogP contribution >= 0.6 is 0 Å². The number of ether oxygens (including phenoxy) is 2. The number of benzene rings is 1. The molecular formula is C36H55N3O6. The molecule has 1 saturated carbocycles. The number of hydrogen-bond donors (Lipinski definition) is 6. The van der Waals surface area contributed by atoms with E-state index in [1.165, 1.54) is 32.1 Å². The number of phenolic OH excluding ortho intramolecular Hbond substituents is 1. The Morgan fingerprint density at radius 3 is 2.67 bits per heavy atom. The SMILES string of the molecule is CC(O)CNCC(C1=C[C+](C(O)COc2cc(CC[C-]3C=C(CO)C(CCCCCCCN)O3)ccc2O)N=C1)C1CCCC1. The predicted octanol–water partition coefficient (Wildman–Crippen LogP) is 4.53. The lowest BCUT2D eigenvalue weighted by molar-refractivity contribution is 0.102. The van der Waals surface area contributed by atoms with Crippen LogP contribution in [0.25, 0.3) is 0 Å². The molecule has 7 N–H and O–H groups in total. The van der Waals surface area contributed by atoms with Crippen LogP contribution in [0, 0.1) is 24.0 Å². The molecule has 0 amide bonds. The molecule has 0 bridgehead atoms. The quantitative estimate of drug-likeness (QED) is 0.0862. The molecule has 9 nitrogen and oxygen atoms in total. The number of hydrogen-bond acceptors (Lipinski definition) is 9. The van der Waals surface area contributed by atoms with Gasteiger partial charge in [0.2, 0.25) is 0 Å². The summed E-state index contributed by atoms with van der Waals surface area (Å²) in [5.41, 5.74) is 8.60. The topological polar surface area (TPSA) is 150 Å². The Morgan fingerprint density at radius 1 is 1.13 bits per heavy atom. The summed E-state index contributed by atoms with van der Waals surface area (Å²) in [6.45, 7) is 3.82. The molecule has 45 heavy (non-hydrogen) atoms. The highest BCUT2D eigenvalue weighted by molar-refractivity contribution is 5.84. The van der Waals surface area contributed by atoms with E-state index in [4.69, 9.17) is 15.2 Å². The minimum absolute atomic E-state index is 0.00170. The van der Waals surface area contributed by atoms with Gasteiger partial charge in [0.15, 0.2) is 29.9 Å². The third-order valence-electron chi connectivity index (χ3n) is 9.21. The number of nitrogens with zero attached hydrogens (tertiary/aromatic N) is 1. The molecule has 1 aromatic rings. The van der Waals surface area contributed by atoms with E-state index in [9.17, 15) is 20.4 Å². The second-order valence-corrected chi connectivity index (χ2v) is 12.9. The maximum Gasteiger partial charge on any atom is 0.181 e. The number of nitrogens with two attached hydrogens (primary N) is 1. The molecule has 1 fully saturated rings. The number of aliphatic imine (C=N–C) groups is 1. The van der Waals surface area contributed by atoms with Crippen LogP contribution in [0.1, 0.15) is 83.1 Å². The average Bonchev–Trinajstić information content (AvgIpc) is 3.81. The summed E-state index contributed by atoms with van der Waals surface area (Å²) in [4.78, 5) is 4.52. The Bertz CT molecular complexity index is 1120. The maximum atomic E-state index is 10.9. The standard InChI is InChI=1S/C36H55N3O6/c1-25(41)20-38-22-31(27-9-6-7-10-27)28-19-32(39-21-28)34(43)24-44-36-17-26(13-15-33(36)42)12-14-30-18-29(23-40)35(45-30)11-5-3-2-4-8-16-37/h13,15,17-19,21,25,27,31,34-35,38,40-43H,2-12,14,16,20,22-24,37H2,1H3. The molecule has 2 heterocycles. The summed E-state index contributed by atoms with van der Waals surface area (Å²) in [5.74, 6) is 1.19. The number of rotatable bonds is 21. The van der Waals surface area contributed by atoms with Gasteiger partial charge < -0.3 is 41.0 Å². The van der Waals surface area contributed by atoms with Crippen LogP contribution < -0.4 is 15.8 Å². The summed E-state index contributed by atoms with van der Waals surface area (Å²) in [6.07, 6.45) is 18.0. The molecule has 0 saturated heterocycles. The molecule has 3 aliphatic rings. The smallest absolute Gasteiger partial charge is 0.181 e. The minimum Gasteiger partial charge on any atom is -0.504 e. The molecule has 4 atom stereocenters. The van der Waals surface area contributed by atoms with E-state index in [0.717, 1.165) is 68.0 Å². The van der Waals surface area contributed by atoms with Gasteiger partial charge in [-0.15, -0.1) is 4.99 Å². The predicted molar refractivity (Wildman–Crippen MR) is 178 cm³/mol. The summed E-state index contributed by atoms with van der Waals surface area (Å²) in [5, 5.41) is 44.3. The van der Waals surface area contributed by atoms with Gasteiger partial charge in [0.1, 0.15) is 12.2 Å². The van der Waals surface area contributed by atoms with Gasteiger partial charge in [0.05, 0.1) is 18.1 Å². The largest absolute Gasteiger partial charge is 0.504 e. The van der Waals surface area contributed by atoms with E-state index in [1.807, 2.05) is 24.4 Å². The van der Waals surface area contributed by atoms with Crippen LogP contribution in [0.15, 0.2) is 46.5 Å². The first-order chi connectivity index (χ1) is 21.9. The van der Waals surface area contributed by atoms with Crippen molar-refractivity contribution in [3.05, 3.63) is 59.2 Å². The number of unbranched alkanes of at least 4 members (excludes halogenated alkanes) is 4. The second-order valence-electron chi connectivity index (χ2n) is 12.9. The highest BCUT2D eigenvalue weighted by atomic mass is 16.5. The highest BCUT2D eigenvalue weighted by Gasteiger charge is 2.37. The number of phenols is 1. The zero-order valence-corrected chi connectivity index (χ0v) is 27.0. The molecule has 2 aliphatic heterocycles. The van der Waals surface area contributed by atoms with E-state index < -0.39 is 12.2 Å². The third kappa shape index (κ3) is 11.0. The van der Waals surface area contributed by atoms with E-state index in [-0.39, 0.29) is 31.0 Å². The highest BCUT2D eigenvalue weighted by Crippen LogP contribution is 2.37. The number of aryl methyl sites for hydroxylation is 1. The van der Waals surface area contributed by atoms with Crippen LogP contribution in [-0.4, -0.2) is 77.8 Å². The Kier molecular flexibility index (Phi) is 14.6. The van der Waals surface area contributed by atoms with Gasteiger partial charge in [-0.25, -0.2) is 0 Å². The fourth-order valence-electron chi connectivity index (χ4n) is 6.61. The first kappa shape index (κ1) is 35.3. The molecule has 4 rings (SSSR count). The van der Waals surface area contributed by atoms with Gasteiger partial charge in [0, 0.05) is 25.8 Å². The van der Waals surface area contributed by atoms with Crippen LogP contribution in [0.5, 0.6) is 11.5 Å². The van der Waals surface area contributed by atoms with Crippen LogP contribution in [0.2, 0.25) is 0 Å². The molecule has 1 aliphatic carbocycles. The summed E-state index contributed by atoms with van der Waals surface area (Å²) < 4.78 is 12.1. The van der Waals surface area contributed by atoms with Crippen LogP contribution in [0.3, 0.4) is 0 Å². The molecule has 0 radical (unpaired) electrons. The van der Waals surface area contributed by atoms with Crippen molar-refractivity contribution in [2.45, 2.75) is 102 Å². The summed E-state index contributed by atoms with van der Waals surface area (Å²) >= 11 is 0. The van der Waals surface area contributed by atoms with Crippen molar-refractivity contribution in [3.8, 4) is 11.5 Å². The number of aromatic hydroxyl groups is 1. The summed E-state index contributed by atoms with van der Waals surface area (Å²) in [6, 6.07) is 5.85. The number of aliphatic hydroxyl groups excluding tert-OH is 3. The van der Waals surface area contributed by atoms with Crippen molar-refractivity contribution >= 4 is 6.21 Å². The van der Waals surface area contributed by atoms with Crippen LogP contribution in [-0.2, 0) is 11.2 Å². The monoisotopic (exact) mass is 625 g/mol. The van der Waals surface area contributed by atoms with Crippen molar-refractivity contribution in [1.29, 1.82) is 0 Å². The lowest BCUT2D eigenvalue weighted by atomic mass is 9.84. The van der Waals surface area contributed by atoms with Crippen molar-refractivity contribution in [3.63, 3.8) is 0 Å². The molecular weight excluding hydrogens is 570 g/mol. The molecule has 0 spiro atoms. The van der Waals surface area contributed by atoms with Gasteiger partial charge in [-0.2, -0.15) is 11.6 Å². The van der Waals surface area contributed by atoms with Crippen molar-refractivity contribution < 1.29 is 29.9 Å². The van der Waals surface area contributed by atoms with Crippen LogP contribution in [0.4, 0.5) is 0 Å². The molecule has 1 aromatic carbocycles. The van der Waals surface area contributed by atoms with Gasteiger partial charge in [-0.3, -0.25) is 0 Å². The first-order valence-electron chi connectivity index (χ1n) is 17.1. The van der Waals surface area contributed by atoms with Gasteiger partial charge >= 0.3 is 0 Å². The Hall–Kier alpha value is -2.53. The zero-order valence-electron chi connectivity index (χ0n) is 27.0. The number of aliphatic hydroxyl groups is 3. The van der Waals surface area contributed by atoms with E-state index in [2.05, 4.69) is 10.3 Å². The zero-order chi connectivity index (χ0) is 32.0. The molecule has 4 unspecified atom stereocenters. The fourth-order valence-corrected chi connectivity index (χ4v) is 6.61. The second kappa shape index (κ2) is 18.6. The van der Waals surface area contributed by atoms with Crippen molar-refractivity contribution in [1.82, 2.24) is 5.32 Å². The fraction of sp³-hybridized carbons (Fsp3) is 0.639. The Balaban J connectivity index is 1.25. The summed E-state index contributed by atoms with van der Waals surface area (Å²) in [7, 11) is 0. The number of nitrogens with one attached hydrogen (secondary N) is 1. The normalized spacial score (nSPS) is 20.5. The van der Waals surface area contributed by atoms with E-state index in [1.54, 1.807) is 19.1 Å². The minimum atomic E-state index is -0.932. The lowest BCUT2D eigenvalue weighted by Gasteiger charge is -2.24. The molecule has 250 valence electrons. The molecule has 0 aromatic heterocycles. The lowest BCUT2D eigenvalue weighted by Crippen LogP contribution is -2.33. The van der Waals surface area contributed by atoms with Gasteiger partial charge in [0.25, 0.3) is 0 Å². The Morgan fingerprint density at radius 2 is 1.91 bits per heavy atom. The maximum absolute atomic E-state index is 10.9. The third-order valence-corrected chi connectivity index (χ3v) is 9.21. The average molecular weight is 626 g/mol. The van der Waals surface area contributed by atoms with E-state index >= 15 is 0 Å². The molecule has 9 heteroatoms. The first-order valence-corrected chi connectivity index (χ1v) is 17.1. The van der Waals surface area contributed by atoms with Gasteiger partial charge in [-0.1, -0.05) is 57.1 Å². The van der Waals surface area contributed by atoms with Gasteiger partial charge in [-0.05, 0) is 69.2 Å². The van der Waals surface area contributed by atoms with Crippen molar-refractivity contribution in [2.75, 3.05) is 32.8 Å². The van der Waals surface area contributed by atoms with E-state index in [0.29, 0.717) is 37.1 Å². The Labute approximate surface area is 269 Å². The van der Waals surface area contributed by atoms with Crippen molar-refractivity contribution in [2.24, 2.45) is 22.6 Å².